The minimum Gasteiger partial charge on any atom is -0.480 e. The lowest BCUT2D eigenvalue weighted by molar-refractivity contribution is -0.144. The number of carboxylic acid groups (broad SMARTS) is 1. The number of piperidine rings is 1. The van der Waals surface area contributed by atoms with Gasteiger partial charge in [0.05, 0.1) is 6.33 Å². The summed E-state index contributed by atoms with van der Waals surface area (Å²) in [4.78, 5) is 28.9. The first-order valence-electron chi connectivity index (χ1n) is 7.34. The molecule has 2 unspecified atom stereocenters. The van der Waals surface area contributed by atoms with Crippen LogP contribution in [0.4, 0.5) is 4.79 Å². The molecular weight excluding hydrogens is 272 g/mol. The van der Waals surface area contributed by atoms with Crippen LogP contribution in [-0.4, -0.2) is 50.7 Å². The fourth-order valence-corrected chi connectivity index (χ4v) is 2.70. The van der Waals surface area contributed by atoms with Crippen LogP contribution in [0.5, 0.6) is 0 Å². The third-order valence-electron chi connectivity index (χ3n) is 4.04. The molecule has 0 spiro atoms. The maximum Gasteiger partial charge on any atom is 0.326 e. The number of imidazole rings is 1. The van der Waals surface area contributed by atoms with Gasteiger partial charge in [0.15, 0.2) is 0 Å². The van der Waals surface area contributed by atoms with Crippen molar-refractivity contribution in [2.24, 2.45) is 5.92 Å². The number of likely N-dealkylation sites (tertiary alicyclic amines) is 1. The maximum atomic E-state index is 12.2. The molecule has 1 aliphatic rings. The highest BCUT2D eigenvalue weighted by atomic mass is 16.4. The summed E-state index contributed by atoms with van der Waals surface area (Å²) in [6, 6.07) is -1.01. The van der Waals surface area contributed by atoms with Gasteiger partial charge in [0.2, 0.25) is 0 Å². The van der Waals surface area contributed by atoms with Gasteiger partial charge in [0.25, 0.3) is 0 Å². The van der Waals surface area contributed by atoms with Crippen molar-refractivity contribution in [3.63, 3.8) is 0 Å². The van der Waals surface area contributed by atoms with E-state index in [-0.39, 0.29) is 6.03 Å². The highest BCUT2D eigenvalue weighted by Gasteiger charge is 2.35. The Morgan fingerprint density at radius 2 is 2.29 bits per heavy atom. The lowest BCUT2D eigenvalue weighted by Gasteiger charge is -2.36. The molecule has 0 aliphatic carbocycles. The van der Waals surface area contributed by atoms with Crippen molar-refractivity contribution in [2.45, 2.75) is 38.8 Å². The Morgan fingerprint density at radius 1 is 1.48 bits per heavy atom. The van der Waals surface area contributed by atoms with Crippen molar-refractivity contribution in [1.29, 1.82) is 0 Å². The first-order valence-corrected chi connectivity index (χ1v) is 7.34. The summed E-state index contributed by atoms with van der Waals surface area (Å²) < 4.78 is 1.86. The third kappa shape index (κ3) is 3.96. The second kappa shape index (κ2) is 7.10. The van der Waals surface area contributed by atoms with E-state index in [2.05, 4.69) is 17.2 Å². The quantitative estimate of drug-likeness (QED) is 0.853. The molecule has 1 aromatic rings. The average Bonchev–Trinajstić information content (AvgIpc) is 2.99. The molecule has 2 N–H and O–H groups in total. The van der Waals surface area contributed by atoms with E-state index >= 15 is 0 Å². The summed E-state index contributed by atoms with van der Waals surface area (Å²) in [7, 11) is 0. The number of hydrogen-bond donors (Lipinski definition) is 2. The van der Waals surface area contributed by atoms with Gasteiger partial charge in [-0.3, -0.25) is 0 Å². The highest BCUT2D eigenvalue weighted by molar-refractivity contribution is 5.82. The first kappa shape index (κ1) is 15.3. The fourth-order valence-electron chi connectivity index (χ4n) is 2.70. The number of rotatable bonds is 5. The molecule has 2 atom stereocenters. The Hall–Kier alpha value is -2.05. The van der Waals surface area contributed by atoms with Gasteiger partial charge in [-0.15, -0.1) is 0 Å². The summed E-state index contributed by atoms with van der Waals surface area (Å²) in [5.74, 6) is -0.529. The minimum atomic E-state index is -0.919. The number of aromatic nitrogens is 2. The Bertz CT molecular complexity index is 475. The monoisotopic (exact) mass is 294 g/mol. The zero-order valence-electron chi connectivity index (χ0n) is 12.2. The van der Waals surface area contributed by atoms with Gasteiger partial charge in [0, 0.05) is 32.0 Å². The number of carbonyl (C=O) groups is 2. The third-order valence-corrected chi connectivity index (χ3v) is 4.04. The van der Waals surface area contributed by atoms with Gasteiger partial charge < -0.3 is 19.9 Å². The normalized spacial score (nSPS) is 22.0. The van der Waals surface area contributed by atoms with E-state index in [1.54, 1.807) is 12.5 Å². The molecule has 2 rings (SSSR count). The average molecular weight is 294 g/mol. The molecule has 0 aromatic carbocycles. The Morgan fingerprint density at radius 3 is 2.90 bits per heavy atom. The van der Waals surface area contributed by atoms with Crippen molar-refractivity contribution in [2.75, 3.05) is 13.1 Å². The SMILES string of the molecule is CCC1CCN(C(=O)NCCn2ccnc2)C(C(=O)O)C1. The summed E-state index contributed by atoms with van der Waals surface area (Å²) in [5.41, 5.74) is 0. The summed E-state index contributed by atoms with van der Waals surface area (Å²) in [5, 5.41) is 12.1. The fraction of sp³-hybridized carbons (Fsp3) is 0.643. The lowest BCUT2D eigenvalue weighted by Crippen LogP contribution is -2.53. The van der Waals surface area contributed by atoms with E-state index in [9.17, 15) is 14.7 Å². The molecule has 7 heteroatoms. The predicted molar refractivity (Wildman–Crippen MR) is 76.8 cm³/mol. The van der Waals surface area contributed by atoms with E-state index in [1.165, 1.54) is 4.90 Å². The van der Waals surface area contributed by atoms with Crippen molar-refractivity contribution < 1.29 is 14.7 Å². The van der Waals surface area contributed by atoms with E-state index in [1.807, 2.05) is 10.8 Å². The molecule has 1 aliphatic heterocycles. The molecule has 1 fully saturated rings. The highest BCUT2D eigenvalue weighted by Crippen LogP contribution is 2.25. The number of carbonyl (C=O) groups excluding carboxylic acids is 1. The maximum absolute atomic E-state index is 12.2. The molecule has 1 aromatic heterocycles. The predicted octanol–water partition coefficient (Wildman–Crippen LogP) is 1.17. The van der Waals surface area contributed by atoms with Crippen LogP contribution in [0.1, 0.15) is 26.2 Å². The van der Waals surface area contributed by atoms with Gasteiger partial charge in [-0.25, -0.2) is 14.6 Å². The Balaban J connectivity index is 1.86. The van der Waals surface area contributed by atoms with Crippen LogP contribution in [-0.2, 0) is 11.3 Å². The van der Waals surface area contributed by atoms with Gasteiger partial charge in [-0.05, 0) is 18.8 Å². The summed E-state index contributed by atoms with van der Waals surface area (Å²) >= 11 is 0. The first-order chi connectivity index (χ1) is 10.1. The topological polar surface area (TPSA) is 87.5 Å². The van der Waals surface area contributed by atoms with Crippen LogP contribution in [0.15, 0.2) is 18.7 Å². The largest absolute Gasteiger partial charge is 0.480 e. The molecule has 1 saturated heterocycles. The smallest absolute Gasteiger partial charge is 0.326 e. The molecule has 7 nitrogen and oxygen atoms in total. The summed E-state index contributed by atoms with van der Waals surface area (Å²) in [6.45, 7) is 3.64. The molecular formula is C14H22N4O3. The van der Waals surface area contributed by atoms with Crippen LogP contribution in [0.2, 0.25) is 0 Å². The number of amides is 2. The van der Waals surface area contributed by atoms with Crippen molar-refractivity contribution >= 4 is 12.0 Å². The van der Waals surface area contributed by atoms with E-state index in [0.717, 1.165) is 12.8 Å². The Labute approximate surface area is 124 Å². The lowest BCUT2D eigenvalue weighted by atomic mass is 9.89. The second-order valence-corrected chi connectivity index (χ2v) is 5.38. The van der Waals surface area contributed by atoms with Crippen molar-refractivity contribution in [1.82, 2.24) is 19.8 Å². The number of nitrogens with one attached hydrogen (secondary N) is 1. The zero-order chi connectivity index (χ0) is 15.2. The van der Waals surface area contributed by atoms with Crippen LogP contribution >= 0.6 is 0 Å². The van der Waals surface area contributed by atoms with Gasteiger partial charge in [-0.1, -0.05) is 13.3 Å². The molecule has 2 amide bonds. The number of urea groups is 1. The van der Waals surface area contributed by atoms with Crippen molar-refractivity contribution in [3.05, 3.63) is 18.7 Å². The second-order valence-electron chi connectivity index (χ2n) is 5.38. The molecule has 0 saturated carbocycles. The van der Waals surface area contributed by atoms with E-state index in [4.69, 9.17) is 0 Å². The Kier molecular flexibility index (Phi) is 5.19. The zero-order valence-corrected chi connectivity index (χ0v) is 12.2. The van der Waals surface area contributed by atoms with E-state index < -0.39 is 12.0 Å². The standard InChI is InChI=1S/C14H22N4O3/c1-2-11-3-6-18(12(9-11)13(19)20)14(21)16-5-8-17-7-4-15-10-17/h4,7,10-12H,2-3,5-6,8-9H2,1H3,(H,16,21)(H,19,20). The number of aliphatic carboxylic acids is 1. The van der Waals surface area contributed by atoms with Crippen LogP contribution in [0.3, 0.4) is 0 Å². The van der Waals surface area contributed by atoms with Gasteiger partial charge in [0.1, 0.15) is 6.04 Å². The van der Waals surface area contributed by atoms with Gasteiger partial charge in [-0.2, -0.15) is 0 Å². The van der Waals surface area contributed by atoms with Crippen LogP contribution < -0.4 is 5.32 Å². The molecule has 0 bridgehead atoms. The van der Waals surface area contributed by atoms with Crippen LogP contribution in [0.25, 0.3) is 0 Å². The number of hydrogen-bond acceptors (Lipinski definition) is 3. The number of carboxylic acids is 1. The summed E-state index contributed by atoms with van der Waals surface area (Å²) in [6.07, 6.45) is 7.55. The van der Waals surface area contributed by atoms with Gasteiger partial charge >= 0.3 is 12.0 Å². The van der Waals surface area contributed by atoms with E-state index in [0.29, 0.717) is 32.0 Å². The molecule has 0 radical (unpaired) electrons. The minimum absolute atomic E-state index is 0.294. The van der Waals surface area contributed by atoms with Crippen molar-refractivity contribution in [3.8, 4) is 0 Å². The van der Waals surface area contributed by atoms with Crippen LogP contribution in [0, 0.1) is 5.92 Å². The molecule has 116 valence electrons. The molecule has 2 heterocycles. The molecule has 21 heavy (non-hydrogen) atoms. The number of nitrogens with zero attached hydrogens (tertiary/aromatic N) is 3.